The molecule has 2 rings (SSSR count). The molecular weight excluding hydrogens is 224 g/mol. The molecule has 0 saturated carbocycles. The summed E-state index contributed by atoms with van der Waals surface area (Å²) in [5.41, 5.74) is 4.04. The third-order valence-electron chi connectivity index (χ3n) is 2.85. The van der Waals surface area contributed by atoms with E-state index in [1.807, 2.05) is 0 Å². The van der Waals surface area contributed by atoms with Crippen molar-refractivity contribution in [2.75, 3.05) is 0 Å². The summed E-state index contributed by atoms with van der Waals surface area (Å²) in [6, 6.07) is 11.0. The van der Waals surface area contributed by atoms with Crippen molar-refractivity contribution in [3.05, 3.63) is 57.3 Å². The largest absolute Gasteiger partial charge is 0.135 e. The lowest BCUT2D eigenvalue weighted by Gasteiger charge is -2.06. The number of terminal acetylenes is 1. The Balaban J connectivity index is 2.11. The SMILES string of the molecule is C#Cc1cc(Cc2ccc(C(C)C)cc2)cs1. The summed E-state index contributed by atoms with van der Waals surface area (Å²) in [6.45, 7) is 4.43. The Bertz CT molecular complexity index is 523. The monoisotopic (exact) mass is 240 g/mol. The zero-order chi connectivity index (χ0) is 12.3. The van der Waals surface area contributed by atoms with Gasteiger partial charge in [-0.3, -0.25) is 0 Å². The van der Waals surface area contributed by atoms with Gasteiger partial charge >= 0.3 is 0 Å². The van der Waals surface area contributed by atoms with Crippen molar-refractivity contribution in [2.45, 2.75) is 26.2 Å². The summed E-state index contributed by atoms with van der Waals surface area (Å²) in [6.07, 6.45) is 6.34. The van der Waals surface area contributed by atoms with Crippen LogP contribution in [0.3, 0.4) is 0 Å². The molecule has 86 valence electrons. The van der Waals surface area contributed by atoms with E-state index in [4.69, 9.17) is 6.42 Å². The van der Waals surface area contributed by atoms with Gasteiger partial charge in [-0.15, -0.1) is 17.8 Å². The molecule has 0 aliphatic carbocycles. The van der Waals surface area contributed by atoms with Crippen molar-refractivity contribution in [3.63, 3.8) is 0 Å². The van der Waals surface area contributed by atoms with Crippen LogP contribution in [-0.2, 0) is 6.42 Å². The molecule has 0 nitrogen and oxygen atoms in total. The smallest absolute Gasteiger partial charge is 0.0768 e. The molecule has 0 bridgehead atoms. The van der Waals surface area contributed by atoms with E-state index in [2.05, 4.69) is 55.5 Å². The number of benzene rings is 1. The van der Waals surface area contributed by atoms with E-state index in [0.717, 1.165) is 11.3 Å². The predicted octanol–water partition coefficient (Wildman–Crippen LogP) is 4.44. The molecule has 1 aromatic heterocycles. The van der Waals surface area contributed by atoms with Gasteiger partial charge in [-0.2, -0.15) is 0 Å². The van der Waals surface area contributed by atoms with Crippen molar-refractivity contribution in [1.29, 1.82) is 0 Å². The van der Waals surface area contributed by atoms with Gasteiger partial charge in [0.2, 0.25) is 0 Å². The minimum Gasteiger partial charge on any atom is -0.135 e. The first-order valence-electron chi connectivity index (χ1n) is 5.82. The zero-order valence-corrected chi connectivity index (χ0v) is 11.1. The summed E-state index contributed by atoms with van der Waals surface area (Å²) in [5.74, 6) is 3.27. The summed E-state index contributed by atoms with van der Waals surface area (Å²) in [7, 11) is 0. The first-order chi connectivity index (χ1) is 8.19. The predicted molar refractivity (Wildman–Crippen MR) is 75.6 cm³/mol. The molecule has 0 spiro atoms. The highest BCUT2D eigenvalue weighted by atomic mass is 32.1. The summed E-state index contributed by atoms with van der Waals surface area (Å²) in [5, 5.41) is 2.14. The minimum absolute atomic E-state index is 0.596. The molecule has 1 heterocycles. The summed E-state index contributed by atoms with van der Waals surface area (Å²) < 4.78 is 0. The van der Waals surface area contributed by atoms with Gasteiger partial charge in [0.25, 0.3) is 0 Å². The number of rotatable bonds is 3. The van der Waals surface area contributed by atoms with Crippen molar-refractivity contribution >= 4 is 11.3 Å². The van der Waals surface area contributed by atoms with Gasteiger partial charge in [-0.1, -0.05) is 44.0 Å². The molecule has 0 N–H and O–H groups in total. The number of hydrogen-bond acceptors (Lipinski definition) is 1. The Morgan fingerprint density at radius 3 is 2.41 bits per heavy atom. The van der Waals surface area contributed by atoms with E-state index < -0.39 is 0 Å². The second kappa shape index (κ2) is 5.21. The standard InChI is InChI=1S/C16H16S/c1-4-16-10-14(11-17-16)9-13-5-7-15(8-6-13)12(2)3/h1,5-8,10-12H,9H2,2-3H3. The molecule has 1 aromatic carbocycles. The molecule has 0 aliphatic rings. The summed E-state index contributed by atoms with van der Waals surface area (Å²) >= 11 is 1.64. The van der Waals surface area contributed by atoms with Crippen LogP contribution < -0.4 is 0 Å². The Morgan fingerprint density at radius 1 is 1.18 bits per heavy atom. The topological polar surface area (TPSA) is 0 Å². The van der Waals surface area contributed by atoms with Crippen LogP contribution in [0.1, 0.15) is 41.3 Å². The quantitative estimate of drug-likeness (QED) is 0.696. The molecule has 0 atom stereocenters. The molecule has 0 saturated heterocycles. The van der Waals surface area contributed by atoms with Crippen molar-refractivity contribution in [1.82, 2.24) is 0 Å². The lowest BCUT2D eigenvalue weighted by Crippen LogP contribution is -1.89. The van der Waals surface area contributed by atoms with Gasteiger partial charge < -0.3 is 0 Å². The summed E-state index contributed by atoms with van der Waals surface area (Å²) in [4.78, 5) is 1.01. The highest BCUT2D eigenvalue weighted by Gasteiger charge is 2.02. The maximum absolute atomic E-state index is 5.37. The van der Waals surface area contributed by atoms with E-state index in [-0.39, 0.29) is 0 Å². The van der Waals surface area contributed by atoms with Crippen LogP contribution in [0, 0.1) is 12.3 Å². The van der Waals surface area contributed by atoms with E-state index in [9.17, 15) is 0 Å². The molecule has 1 heteroatoms. The van der Waals surface area contributed by atoms with Crippen LogP contribution in [0.15, 0.2) is 35.7 Å². The molecule has 0 aliphatic heterocycles. The van der Waals surface area contributed by atoms with E-state index in [0.29, 0.717) is 5.92 Å². The van der Waals surface area contributed by atoms with Crippen LogP contribution in [0.4, 0.5) is 0 Å². The fourth-order valence-electron chi connectivity index (χ4n) is 1.80. The lowest BCUT2D eigenvalue weighted by molar-refractivity contribution is 0.865. The fourth-order valence-corrected chi connectivity index (χ4v) is 2.52. The average Bonchev–Trinajstić information content (AvgIpc) is 2.77. The van der Waals surface area contributed by atoms with Crippen LogP contribution in [0.5, 0.6) is 0 Å². The maximum atomic E-state index is 5.37. The fraction of sp³-hybridized carbons (Fsp3) is 0.250. The van der Waals surface area contributed by atoms with Gasteiger partial charge in [0.15, 0.2) is 0 Å². The lowest BCUT2D eigenvalue weighted by atomic mass is 10.00. The molecule has 0 amide bonds. The second-order valence-corrected chi connectivity index (χ2v) is 5.45. The maximum Gasteiger partial charge on any atom is 0.0768 e. The second-order valence-electron chi connectivity index (χ2n) is 4.54. The highest BCUT2D eigenvalue weighted by molar-refractivity contribution is 7.10. The Hall–Kier alpha value is -1.52. The van der Waals surface area contributed by atoms with Crippen molar-refractivity contribution in [2.24, 2.45) is 0 Å². The third kappa shape index (κ3) is 2.99. The Kier molecular flexibility index (Phi) is 3.66. The van der Waals surface area contributed by atoms with E-state index in [1.165, 1.54) is 16.7 Å². The van der Waals surface area contributed by atoms with Crippen LogP contribution in [0.2, 0.25) is 0 Å². The van der Waals surface area contributed by atoms with E-state index in [1.54, 1.807) is 11.3 Å². The van der Waals surface area contributed by atoms with Crippen molar-refractivity contribution < 1.29 is 0 Å². The highest BCUT2D eigenvalue weighted by Crippen LogP contribution is 2.19. The normalized spacial score (nSPS) is 10.5. The number of hydrogen-bond donors (Lipinski definition) is 0. The van der Waals surface area contributed by atoms with E-state index >= 15 is 0 Å². The molecular formula is C16H16S. The molecule has 0 radical (unpaired) electrons. The van der Waals surface area contributed by atoms with Gasteiger partial charge in [-0.05, 0) is 40.5 Å². The van der Waals surface area contributed by atoms with Gasteiger partial charge in [0, 0.05) is 0 Å². The van der Waals surface area contributed by atoms with Crippen LogP contribution in [0.25, 0.3) is 0 Å². The third-order valence-corrected chi connectivity index (χ3v) is 3.76. The van der Waals surface area contributed by atoms with Gasteiger partial charge in [0.1, 0.15) is 0 Å². The minimum atomic E-state index is 0.596. The number of thiophene rings is 1. The van der Waals surface area contributed by atoms with Gasteiger partial charge in [-0.25, -0.2) is 0 Å². The molecule has 17 heavy (non-hydrogen) atoms. The average molecular weight is 240 g/mol. The van der Waals surface area contributed by atoms with Gasteiger partial charge in [0.05, 0.1) is 4.88 Å². The molecule has 2 aromatic rings. The zero-order valence-electron chi connectivity index (χ0n) is 10.2. The first kappa shape index (κ1) is 12.0. The van der Waals surface area contributed by atoms with Crippen molar-refractivity contribution in [3.8, 4) is 12.3 Å². The Morgan fingerprint density at radius 2 is 1.88 bits per heavy atom. The molecule has 0 fully saturated rings. The first-order valence-corrected chi connectivity index (χ1v) is 6.70. The van der Waals surface area contributed by atoms with Crippen LogP contribution in [-0.4, -0.2) is 0 Å². The molecule has 0 unspecified atom stereocenters. The Labute approximate surface area is 107 Å². The van der Waals surface area contributed by atoms with Crippen LogP contribution >= 0.6 is 11.3 Å².